The van der Waals surface area contributed by atoms with Gasteiger partial charge in [-0.3, -0.25) is 10.1 Å². The van der Waals surface area contributed by atoms with Crippen molar-refractivity contribution < 1.29 is 9.66 Å². The molecule has 142 valence electrons. The van der Waals surface area contributed by atoms with Gasteiger partial charge in [0.15, 0.2) is 5.82 Å². The van der Waals surface area contributed by atoms with Crippen molar-refractivity contribution in [1.29, 1.82) is 5.26 Å². The third-order valence-electron chi connectivity index (χ3n) is 5.00. The first-order valence-electron chi connectivity index (χ1n) is 8.50. The third-order valence-corrected chi connectivity index (χ3v) is 5.00. The second-order valence-electron chi connectivity index (χ2n) is 6.41. The first-order valence-corrected chi connectivity index (χ1v) is 8.50. The Hall–Kier alpha value is -4.00. The van der Waals surface area contributed by atoms with Crippen LogP contribution in [0.3, 0.4) is 0 Å². The van der Waals surface area contributed by atoms with Crippen molar-refractivity contribution in [2.75, 3.05) is 36.6 Å². The van der Waals surface area contributed by atoms with Crippen LogP contribution < -0.4 is 26.4 Å². The van der Waals surface area contributed by atoms with Gasteiger partial charge < -0.3 is 26.4 Å². The minimum absolute atomic E-state index is 0.00281. The lowest BCUT2D eigenvalue weighted by Gasteiger charge is -2.31. The van der Waals surface area contributed by atoms with E-state index in [9.17, 15) is 15.4 Å². The number of methoxy groups -OCH3 is 1. The van der Waals surface area contributed by atoms with Gasteiger partial charge in [-0.25, -0.2) is 4.98 Å². The summed E-state index contributed by atoms with van der Waals surface area (Å²) in [4.78, 5) is 17.7. The van der Waals surface area contributed by atoms with Crippen molar-refractivity contribution in [2.24, 2.45) is 0 Å². The maximum absolute atomic E-state index is 12.1. The highest BCUT2D eigenvalue weighted by molar-refractivity contribution is 5.80. The standard InChI is InChI=1S/C18H17N7O3/c1-28-10-4-2-9(3-5-10)12-13-14(20)11(8-19)16(21)23-17(13)24-7-6-22-18(24)15(12)25(26)27/h2-5,12,22H,6-7H2,1H3,(H4,20,21,23). The van der Waals surface area contributed by atoms with Gasteiger partial charge in [-0.15, -0.1) is 0 Å². The van der Waals surface area contributed by atoms with E-state index < -0.39 is 10.8 Å². The van der Waals surface area contributed by atoms with Crippen molar-refractivity contribution >= 4 is 17.3 Å². The molecule has 2 aromatic rings. The second kappa shape index (κ2) is 6.31. The molecule has 1 fully saturated rings. The zero-order valence-corrected chi connectivity index (χ0v) is 15.0. The number of nitrogen functional groups attached to an aromatic ring is 2. The molecule has 0 spiro atoms. The highest BCUT2D eigenvalue weighted by Gasteiger charge is 2.46. The van der Waals surface area contributed by atoms with Crippen LogP contribution in [0.25, 0.3) is 0 Å². The van der Waals surface area contributed by atoms with Gasteiger partial charge in [-0.2, -0.15) is 5.26 Å². The number of rotatable bonds is 3. The molecule has 10 nitrogen and oxygen atoms in total. The predicted octanol–water partition coefficient (Wildman–Crippen LogP) is 1.13. The van der Waals surface area contributed by atoms with Crippen LogP contribution in [-0.2, 0) is 0 Å². The van der Waals surface area contributed by atoms with E-state index in [2.05, 4.69) is 10.3 Å². The van der Waals surface area contributed by atoms with Crippen molar-refractivity contribution in [3.8, 4) is 11.8 Å². The number of nitrogens with zero attached hydrogens (tertiary/aromatic N) is 4. The molecule has 1 atom stereocenters. The van der Waals surface area contributed by atoms with E-state index >= 15 is 0 Å². The first-order chi connectivity index (χ1) is 13.5. The van der Waals surface area contributed by atoms with Gasteiger partial charge in [-0.05, 0) is 17.7 Å². The SMILES string of the molecule is COc1ccc(C2C([N+](=O)[O-])=C3NCCN3c3nc(N)c(C#N)c(N)c32)cc1. The molecule has 10 heteroatoms. The van der Waals surface area contributed by atoms with Gasteiger partial charge in [0.2, 0.25) is 0 Å². The van der Waals surface area contributed by atoms with E-state index in [1.807, 2.05) is 6.07 Å². The van der Waals surface area contributed by atoms with Crippen LogP contribution in [0, 0.1) is 21.4 Å². The van der Waals surface area contributed by atoms with Crippen LogP contribution in [0.2, 0.25) is 0 Å². The highest BCUT2D eigenvalue weighted by atomic mass is 16.6. The maximum Gasteiger partial charge on any atom is 0.298 e. The van der Waals surface area contributed by atoms with Crippen LogP contribution in [0.5, 0.6) is 5.75 Å². The normalized spacial score (nSPS) is 17.4. The van der Waals surface area contributed by atoms with Crippen LogP contribution in [-0.4, -0.2) is 30.1 Å². The van der Waals surface area contributed by atoms with E-state index in [1.54, 1.807) is 36.3 Å². The summed E-state index contributed by atoms with van der Waals surface area (Å²) < 4.78 is 5.18. The minimum atomic E-state index is -0.812. The minimum Gasteiger partial charge on any atom is -0.497 e. The molecule has 0 amide bonds. The number of hydrogen-bond acceptors (Lipinski definition) is 9. The lowest BCUT2D eigenvalue weighted by molar-refractivity contribution is -0.430. The van der Waals surface area contributed by atoms with E-state index in [1.165, 1.54) is 0 Å². The number of anilines is 3. The lowest BCUT2D eigenvalue weighted by Crippen LogP contribution is -2.34. The summed E-state index contributed by atoms with van der Waals surface area (Å²) in [6.45, 7) is 0.996. The Labute approximate surface area is 160 Å². The van der Waals surface area contributed by atoms with Gasteiger partial charge in [0.25, 0.3) is 5.70 Å². The summed E-state index contributed by atoms with van der Waals surface area (Å²) in [5.41, 5.74) is 13.3. The molecule has 0 saturated carbocycles. The fourth-order valence-corrected chi connectivity index (χ4v) is 3.75. The van der Waals surface area contributed by atoms with E-state index in [0.29, 0.717) is 41.6 Å². The van der Waals surface area contributed by atoms with Crippen molar-refractivity contribution in [3.05, 3.63) is 62.6 Å². The number of nitriles is 1. The van der Waals surface area contributed by atoms with Crippen molar-refractivity contribution in [2.45, 2.75) is 5.92 Å². The number of benzene rings is 1. The predicted molar refractivity (Wildman–Crippen MR) is 102 cm³/mol. The number of aromatic nitrogens is 1. The number of nitro groups is 1. The summed E-state index contributed by atoms with van der Waals surface area (Å²) >= 11 is 0. The van der Waals surface area contributed by atoms with Gasteiger partial charge in [0.05, 0.1) is 17.7 Å². The summed E-state index contributed by atoms with van der Waals surface area (Å²) in [5, 5.41) is 24.6. The molecule has 2 aliphatic heterocycles. The number of nitrogens with one attached hydrogen (secondary N) is 1. The average Bonchev–Trinajstić information content (AvgIpc) is 3.17. The quantitative estimate of drug-likeness (QED) is 0.525. The van der Waals surface area contributed by atoms with E-state index in [-0.39, 0.29) is 22.8 Å². The highest BCUT2D eigenvalue weighted by Crippen LogP contribution is 2.48. The van der Waals surface area contributed by atoms with Crippen molar-refractivity contribution in [3.63, 3.8) is 0 Å². The smallest absolute Gasteiger partial charge is 0.298 e. The Morgan fingerprint density at radius 1 is 1.39 bits per heavy atom. The van der Waals surface area contributed by atoms with Crippen LogP contribution >= 0.6 is 0 Å². The molecule has 0 bridgehead atoms. The van der Waals surface area contributed by atoms with Crippen LogP contribution in [0.1, 0.15) is 22.6 Å². The largest absolute Gasteiger partial charge is 0.497 e. The second-order valence-corrected chi connectivity index (χ2v) is 6.41. The van der Waals surface area contributed by atoms with Gasteiger partial charge in [0, 0.05) is 18.7 Å². The molecule has 1 unspecified atom stereocenters. The van der Waals surface area contributed by atoms with E-state index in [4.69, 9.17) is 16.2 Å². The Balaban J connectivity index is 2.05. The molecule has 2 aliphatic rings. The summed E-state index contributed by atoms with van der Waals surface area (Å²) in [6.07, 6.45) is 0. The number of ether oxygens (including phenoxy) is 1. The third kappa shape index (κ3) is 2.37. The zero-order chi connectivity index (χ0) is 20.0. The Morgan fingerprint density at radius 2 is 2.11 bits per heavy atom. The average molecular weight is 379 g/mol. The molecule has 5 N–H and O–H groups in total. The Kier molecular flexibility index (Phi) is 3.93. The fourth-order valence-electron chi connectivity index (χ4n) is 3.75. The van der Waals surface area contributed by atoms with Gasteiger partial charge in [0.1, 0.15) is 34.9 Å². The molecule has 0 radical (unpaired) electrons. The van der Waals surface area contributed by atoms with Crippen molar-refractivity contribution in [1.82, 2.24) is 10.3 Å². The molecular weight excluding hydrogens is 362 g/mol. The molecular formula is C18H17N7O3. The topological polar surface area (TPSA) is 156 Å². The van der Waals surface area contributed by atoms with Gasteiger partial charge in [-0.1, -0.05) is 12.1 Å². The Bertz CT molecular complexity index is 1060. The van der Waals surface area contributed by atoms with E-state index in [0.717, 1.165) is 0 Å². The number of allylic oxidation sites excluding steroid dienone is 1. The maximum atomic E-state index is 12.1. The molecule has 3 heterocycles. The summed E-state index contributed by atoms with van der Waals surface area (Å²) in [5.74, 6) is 0.613. The zero-order valence-electron chi connectivity index (χ0n) is 15.0. The number of fused-ring (bicyclic) bond motifs is 3. The molecule has 28 heavy (non-hydrogen) atoms. The number of pyridine rings is 1. The molecule has 1 saturated heterocycles. The van der Waals surface area contributed by atoms with Crippen LogP contribution in [0.15, 0.2) is 35.8 Å². The summed E-state index contributed by atoms with van der Waals surface area (Å²) in [6, 6.07) is 8.87. The first kappa shape index (κ1) is 17.4. The Morgan fingerprint density at radius 3 is 2.71 bits per heavy atom. The fraction of sp³-hybridized carbons (Fsp3) is 0.222. The van der Waals surface area contributed by atoms with Crippen LogP contribution in [0.4, 0.5) is 17.3 Å². The lowest BCUT2D eigenvalue weighted by atomic mass is 9.84. The van der Waals surface area contributed by atoms with Gasteiger partial charge >= 0.3 is 0 Å². The molecule has 4 rings (SSSR count). The molecule has 1 aromatic carbocycles. The molecule has 1 aromatic heterocycles. The number of nitrogens with two attached hydrogens (primary N) is 2. The monoisotopic (exact) mass is 379 g/mol. The number of hydrogen-bond donors (Lipinski definition) is 3. The summed E-state index contributed by atoms with van der Waals surface area (Å²) in [7, 11) is 1.54. The molecule has 0 aliphatic carbocycles.